The van der Waals surface area contributed by atoms with Gasteiger partial charge in [0.15, 0.2) is 5.54 Å². The van der Waals surface area contributed by atoms with E-state index in [4.69, 9.17) is 0 Å². The minimum absolute atomic E-state index is 0.156. The van der Waals surface area contributed by atoms with Crippen molar-refractivity contribution in [2.24, 2.45) is 9.98 Å². The van der Waals surface area contributed by atoms with Crippen molar-refractivity contribution in [2.75, 3.05) is 0 Å². The Morgan fingerprint density at radius 2 is 1.02 bits per heavy atom. The summed E-state index contributed by atoms with van der Waals surface area (Å²) < 4.78 is 80.3. The summed E-state index contributed by atoms with van der Waals surface area (Å²) in [6.07, 6.45) is -6.23. The maximum atomic E-state index is 13.6. The quantitative estimate of drug-likeness (QED) is 0.173. The lowest BCUT2D eigenvalue weighted by Crippen LogP contribution is -2.45. The Balaban J connectivity index is 0.000000159. The number of rotatable bonds is 3. The van der Waals surface area contributed by atoms with E-state index in [0.717, 1.165) is 51.0 Å². The second-order valence-corrected chi connectivity index (χ2v) is 13.5. The van der Waals surface area contributed by atoms with E-state index in [1.54, 1.807) is 31.5 Å². The molecular formula is C41H32F6N4. The number of fused-ring (bicyclic) bond motifs is 4. The van der Waals surface area contributed by atoms with E-state index in [2.05, 4.69) is 20.0 Å². The van der Waals surface area contributed by atoms with Gasteiger partial charge in [0.05, 0.1) is 34.4 Å². The first-order valence-electron chi connectivity index (χ1n) is 16.4. The van der Waals surface area contributed by atoms with E-state index >= 15 is 0 Å². The van der Waals surface area contributed by atoms with Gasteiger partial charge in [0.2, 0.25) is 0 Å². The van der Waals surface area contributed by atoms with Crippen LogP contribution < -0.4 is 0 Å². The zero-order chi connectivity index (χ0) is 36.0. The fraction of sp³-hybridized carbons (Fsp3) is 0.220. The lowest BCUT2D eigenvalue weighted by atomic mass is 9.82. The van der Waals surface area contributed by atoms with Crippen molar-refractivity contribution in [3.05, 3.63) is 155 Å². The van der Waals surface area contributed by atoms with Gasteiger partial charge in [-0.15, -0.1) is 0 Å². The molecule has 0 saturated heterocycles. The highest BCUT2D eigenvalue weighted by Crippen LogP contribution is 2.41. The third kappa shape index (κ3) is 7.00. The zero-order valence-corrected chi connectivity index (χ0v) is 27.7. The summed E-state index contributed by atoms with van der Waals surface area (Å²) in [4.78, 5) is 17.6. The Bertz CT molecular complexity index is 2330. The molecule has 0 radical (unpaired) electrons. The summed E-state index contributed by atoms with van der Waals surface area (Å²) >= 11 is 0. The molecule has 258 valence electrons. The van der Waals surface area contributed by atoms with Gasteiger partial charge >= 0.3 is 12.4 Å². The van der Waals surface area contributed by atoms with E-state index in [-0.39, 0.29) is 12.8 Å². The van der Waals surface area contributed by atoms with Crippen LogP contribution in [0.25, 0.3) is 21.8 Å². The Hall–Kier alpha value is -5.38. The molecule has 2 aromatic heterocycles. The second-order valence-electron chi connectivity index (χ2n) is 13.5. The van der Waals surface area contributed by atoms with Crippen molar-refractivity contribution < 1.29 is 26.3 Å². The van der Waals surface area contributed by atoms with Gasteiger partial charge in [-0.3, -0.25) is 20.0 Å². The van der Waals surface area contributed by atoms with Crippen molar-refractivity contribution in [1.29, 1.82) is 0 Å². The van der Waals surface area contributed by atoms with Crippen molar-refractivity contribution in [2.45, 2.75) is 56.5 Å². The highest BCUT2D eigenvalue weighted by molar-refractivity contribution is 6.16. The molecule has 0 saturated carbocycles. The zero-order valence-electron chi connectivity index (χ0n) is 27.7. The first-order valence-corrected chi connectivity index (χ1v) is 16.4. The van der Waals surface area contributed by atoms with Crippen LogP contribution in [0.4, 0.5) is 26.3 Å². The molecule has 0 spiro atoms. The van der Waals surface area contributed by atoms with Crippen LogP contribution >= 0.6 is 0 Å². The molecule has 6 aromatic rings. The van der Waals surface area contributed by atoms with Crippen LogP contribution in [-0.2, 0) is 12.8 Å². The molecule has 2 unspecified atom stereocenters. The lowest BCUT2D eigenvalue weighted by molar-refractivity contribution is -0.179. The standard InChI is InChI=1S/C21H17F3N2.C20H15F3N2/c1-20(13-21(22,23)24)11-15-7-2-4-8-17(15)19(26-20)16-10-14-6-3-5-9-18(14)25-12-16;1-19(20(21,22)23)11-14-7-2-4-8-16(14)18(25-19)15-10-13-6-3-5-9-17(13)24-12-15/h2-10,12H,11,13H2,1H3;2-10,12H,11H2,1H3. The summed E-state index contributed by atoms with van der Waals surface area (Å²) in [6, 6.07) is 33.6. The number of pyridine rings is 2. The normalized spacial score (nSPS) is 20.1. The molecule has 8 rings (SSSR count). The summed E-state index contributed by atoms with van der Waals surface area (Å²) in [5.41, 5.74) is 3.72. The molecule has 4 heterocycles. The van der Waals surface area contributed by atoms with Gasteiger partial charge in [-0.05, 0) is 55.7 Å². The van der Waals surface area contributed by atoms with Gasteiger partial charge in [-0.1, -0.05) is 84.9 Å². The fourth-order valence-electron chi connectivity index (χ4n) is 6.85. The van der Waals surface area contributed by atoms with Crippen molar-refractivity contribution in [1.82, 2.24) is 9.97 Å². The summed E-state index contributed by atoms with van der Waals surface area (Å²) in [5, 5.41) is 1.81. The molecule has 0 amide bonds. The summed E-state index contributed by atoms with van der Waals surface area (Å²) in [7, 11) is 0. The van der Waals surface area contributed by atoms with E-state index in [0.29, 0.717) is 22.6 Å². The predicted octanol–water partition coefficient (Wildman–Crippen LogP) is 10.3. The van der Waals surface area contributed by atoms with Crippen LogP contribution in [0.5, 0.6) is 0 Å². The molecule has 0 N–H and O–H groups in total. The molecule has 2 aliphatic heterocycles. The molecule has 0 bridgehead atoms. The Morgan fingerprint density at radius 3 is 1.53 bits per heavy atom. The van der Waals surface area contributed by atoms with Crippen LogP contribution in [0, 0.1) is 0 Å². The maximum absolute atomic E-state index is 13.6. The predicted molar refractivity (Wildman–Crippen MR) is 189 cm³/mol. The van der Waals surface area contributed by atoms with Gasteiger partial charge in [0, 0.05) is 51.8 Å². The first kappa shape index (κ1) is 34.1. The number of benzene rings is 4. The molecule has 0 aliphatic carbocycles. The third-order valence-electron chi connectivity index (χ3n) is 9.31. The van der Waals surface area contributed by atoms with E-state index < -0.39 is 29.9 Å². The molecule has 2 aliphatic rings. The van der Waals surface area contributed by atoms with Gasteiger partial charge in [0.25, 0.3) is 0 Å². The van der Waals surface area contributed by atoms with E-state index in [9.17, 15) is 26.3 Å². The lowest BCUT2D eigenvalue weighted by Gasteiger charge is -2.34. The van der Waals surface area contributed by atoms with Crippen molar-refractivity contribution in [3.63, 3.8) is 0 Å². The minimum atomic E-state index is -4.42. The molecular weight excluding hydrogens is 662 g/mol. The average Bonchev–Trinajstić information content (AvgIpc) is 3.09. The topological polar surface area (TPSA) is 50.5 Å². The number of alkyl halides is 6. The van der Waals surface area contributed by atoms with Crippen LogP contribution in [0.15, 0.2) is 132 Å². The Morgan fingerprint density at radius 1 is 0.569 bits per heavy atom. The van der Waals surface area contributed by atoms with Crippen LogP contribution in [-0.4, -0.2) is 44.8 Å². The third-order valence-corrected chi connectivity index (χ3v) is 9.31. The smallest absolute Gasteiger partial charge is 0.277 e. The SMILES string of the molecule is CC1(C(F)(F)F)Cc2ccccc2C(c2cnc3ccccc3c2)=N1.CC1(CC(F)(F)F)Cc2ccccc2C(c2cnc3ccccc3c2)=N1. The number of hydrogen-bond donors (Lipinski definition) is 0. The largest absolute Gasteiger partial charge is 0.413 e. The maximum Gasteiger partial charge on any atom is 0.413 e. The number of aromatic nitrogens is 2. The van der Waals surface area contributed by atoms with E-state index in [1.165, 1.54) is 0 Å². The van der Waals surface area contributed by atoms with E-state index in [1.807, 2.05) is 97.1 Å². The van der Waals surface area contributed by atoms with Gasteiger partial charge < -0.3 is 0 Å². The number of hydrogen-bond acceptors (Lipinski definition) is 4. The first-order chi connectivity index (χ1) is 24.2. The molecule has 0 fully saturated rings. The van der Waals surface area contributed by atoms with Crippen LogP contribution in [0.2, 0.25) is 0 Å². The molecule has 4 nitrogen and oxygen atoms in total. The number of aliphatic imine (C=N–C) groups is 2. The molecule has 2 atom stereocenters. The monoisotopic (exact) mass is 694 g/mol. The summed E-state index contributed by atoms with van der Waals surface area (Å²) in [6.45, 7) is 2.72. The van der Waals surface area contributed by atoms with Crippen LogP contribution in [0.3, 0.4) is 0 Å². The number of nitrogens with zero attached hydrogens (tertiary/aromatic N) is 4. The molecule has 4 aromatic carbocycles. The van der Waals surface area contributed by atoms with Crippen molar-refractivity contribution >= 4 is 33.2 Å². The highest BCUT2D eigenvalue weighted by Gasteiger charge is 2.53. The van der Waals surface area contributed by atoms with Crippen molar-refractivity contribution in [3.8, 4) is 0 Å². The number of halogens is 6. The fourth-order valence-corrected chi connectivity index (χ4v) is 6.85. The van der Waals surface area contributed by atoms with Crippen LogP contribution in [0.1, 0.15) is 53.6 Å². The Labute approximate surface area is 290 Å². The highest BCUT2D eigenvalue weighted by atomic mass is 19.4. The van der Waals surface area contributed by atoms with Gasteiger partial charge in [-0.25, -0.2) is 0 Å². The second kappa shape index (κ2) is 12.7. The van der Waals surface area contributed by atoms with Gasteiger partial charge in [0.1, 0.15) is 0 Å². The summed E-state index contributed by atoms with van der Waals surface area (Å²) in [5.74, 6) is 0. The Kier molecular flexibility index (Phi) is 8.52. The minimum Gasteiger partial charge on any atom is -0.277 e. The molecule has 51 heavy (non-hydrogen) atoms. The van der Waals surface area contributed by atoms with Gasteiger partial charge in [-0.2, -0.15) is 26.3 Å². The molecule has 10 heteroatoms. The average molecular weight is 695 g/mol. The number of para-hydroxylation sites is 2.